The molecule has 1 aliphatic heterocycles. The minimum absolute atomic E-state index is 0.115. The maximum absolute atomic E-state index is 15.4. The molecule has 0 radical (unpaired) electrons. The summed E-state index contributed by atoms with van der Waals surface area (Å²) in [6.45, 7) is 4.86. The monoisotopic (exact) mass is 597 g/mol. The minimum atomic E-state index is -1.28. The highest BCUT2D eigenvalue weighted by atomic mass is 35.5. The lowest BCUT2D eigenvalue weighted by Crippen LogP contribution is -2.56. The molecule has 0 spiro atoms. The third kappa shape index (κ3) is 5.82. The molecule has 1 atom stereocenters. The van der Waals surface area contributed by atoms with Crippen molar-refractivity contribution in [2.24, 2.45) is 12.5 Å². The molecule has 1 aliphatic carbocycles. The van der Waals surface area contributed by atoms with Gasteiger partial charge in [-0.15, -0.1) is 0 Å². The number of halogens is 2. The number of hydrogen-bond acceptors (Lipinski definition) is 5. The maximum atomic E-state index is 15.4. The van der Waals surface area contributed by atoms with E-state index in [0.717, 1.165) is 29.8 Å². The molecular weight excluding hydrogens is 561 g/mol. The number of aliphatic carboxylic acids is 1. The van der Waals surface area contributed by atoms with E-state index in [2.05, 4.69) is 5.32 Å². The Kier molecular flexibility index (Phi) is 8.47. The van der Waals surface area contributed by atoms with Crippen molar-refractivity contribution in [2.45, 2.75) is 70.6 Å². The predicted octanol–water partition coefficient (Wildman–Crippen LogP) is 6.20. The van der Waals surface area contributed by atoms with Gasteiger partial charge in [-0.1, -0.05) is 29.8 Å². The Balaban J connectivity index is 1.32. The number of para-hydroxylation sites is 1. The standard InChI is InChI=1S/C32H37ClFN3O5/c1-31(30(40)41)12-10-21(11-13-31)42-32(2,37-14-6-7-15-37)28(38)17-20-16-24(33)26(18-25(20)34)35-29(39)23-19-36(3)27-9-5-4-8-22(23)27/h4-5,8-9,16,18-19,21H,6-7,10-15,17H2,1-3H3,(H,35,39)(H,40,41). The number of fused-ring (bicyclic) bond motifs is 1. The maximum Gasteiger partial charge on any atom is 0.309 e. The summed E-state index contributed by atoms with van der Waals surface area (Å²) >= 11 is 6.50. The Morgan fingerprint density at radius 3 is 2.50 bits per heavy atom. The van der Waals surface area contributed by atoms with Crippen LogP contribution in [0.5, 0.6) is 0 Å². The van der Waals surface area contributed by atoms with Gasteiger partial charge in [-0.2, -0.15) is 0 Å². The fraction of sp³-hybridized carbons (Fsp3) is 0.469. The summed E-state index contributed by atoms with van der Waals surface area (Å²) in [7, 11) is 1.85. The van der Waals surface area contributed by atoms with Gasteiger partial charge in [-0.3, -0.25) is 19.3 Å². The number of nitrogens with zero attached hydrogens (tertiary/aromatic N) is 2. The summed E-state index contributed by atoms with van der Waals surface area (Å²) in [6, 6.07) is 10.0. The summed E-state index contributed by atoms with van der Waals surface area (Å²) < 4.78 is 23.7. The van der Waals surface area contributed by atoms with Crippen molar-refractivity contribution >= 4 is 45.9 Å². The Morgan fingerprint density at radius 1 is 1.17 bits per heavy atom. The number of carboxylic acids is 1. The molecule has 3 aromatic rings. The van der Waals surface area contributed by atoms with E-state index >= 15 is 4.39 Å². The Morgan fingerprint density at radius 2 is 1.83 bits per heavy atom. The van der Waals surface area contributed by atoms with E-state index in [0.29, 0.717) is 44.3 Å². The molecule has 2 aromatic carbocycles. The number of rotatable bonds is 9. The second kappa shape index (κ2) is 11.8. The Bertz CT molecular complexity index is 1520. The van der Waals surface area contributed by atoms with Crippen molar-refractivity contribution in [1.82, 2.24) is 9.47 Å². The molecule has 1 saturated carbocycles. The molecule has 0 bridgehead atoms. The molecule has 42 heavy (non-hydrogen) atoms. The first-order valence-electron chi connectivity index (χ1n) is 14.4. The summed E-state index contributed by atoms with van der Waals surface area (Å²) in [4.78, 5) is 40.6. The fourth-order valence-electron chi connectivity index (χ4n) is 6.21. The number of aromatic nitrogens is 1. The molecule has 1 amide bonds. The average molecular weight is 598 g/mol. The fourth-order valence-corrected chi connectivity index (χ4v) is 6.45. The summed E-state index contributed by atoms with van der Waals surface area (Å²) in [5.74, 6) is -2.18. The van der Waals surface area contributed by atoms with Crippen LogP contribution in [0.3, 0.4) is 0 Å². The molecule has 1 unspecified atom stereocenters. The molecule has 1 aromatic heterocycles. The highest BCUT2D eigenvalue weighted by molar-refractivity contribution is 6.34. The molecule has 2 fully saturated rings. The van der Waals surface area contributed by atoms with Crippen LogP contribution in [0.15, 0.2) is 42.6 Å². The molecule has 2 aliphatic rings. The topological polar surface area (TPSA) is 101 Å². The van der Waals surface area contributed by atoms with E-state index in [1.165, 1.54) is 6.07 Å². The van der Waals surface area contributed by atoms with Crippen molar-refractivity contribution in [1.29, 1.82) is 0 Å². The number of carbonyl (C=O) groups is 3. The highest BCUT2D eigenvalue weighted by Gasteiger charge is 2.46. The van der Waals surface area contributed by atoms with Gasteiger partial charge in [0.15, 0.2) is 11.5 Å². The van der Waals surface area contributed by atoms with Gasteiger partial charge in [0.2, 0.25) is 0 Å². The largest absolute Gasteiger partial charge is 0.481 e. The zero-order valence-electron chi connectivity index (χ0n) is 24.2. The van der Waals surface area contributed by atoms with Crippen LogP contribution in [0.25, 0.3) is 10.9 Å². The molecular formula is C32H37ClFN3O5. The van der Waals surface area contributed by atoms with E-state index in [9.17, 15) is 19.5 Å². The number of carbonyl (C=O) groups excluding carboxylic acids is 2. The van der Waals surface area contributed by atoms with Gasteiger partial charge in [-0.25, -0.2) is 4.39 Å². The number of carboxylic acid groups (broad SMARTS) is 1. The van der Waals surface area contributed by atoms with Gasteiger partial charge >= 0.3 is 5.97 Å². The molecule has 10 heteroatoms. The SMILES string of the molecule is Cn1cc(C(=O)Nc2cc(F)c(CC(=O)C(C)(OC3CCC(C)(C(=O)O)CC3)N3CCCC3)cc2Cl)c2ccccc21. The first-order valence-corrected chi connectivity index (χ1v) is 14.8. The molecule has 2 N–H and O–H groups in total. The van der Waals surface area contributed by atoms with Crippen LogP contribution in [-0.2, 0) is 27.8 Å². The number of ether oxygens (including phenoxy) is 1. The summed E-state index contributed by atoms with van der Waals surface area (Å²) in [5, 5.41) is 13.2. The van der Waals surface area contributed by atoms with Gasteiger partial charge in [0, 0.05) is 43.7 Å². The summed E-state index contributed by atoms with van der Waals surface area (Å²) in [6.07, 6.45) is 5.06. The van der Waals surface area contributed by atoms with Crippen LogP contribution in [0.4, 0.5) is 10.1 Å². The number of hydrogen-bond donors (Lipinski definition) is 2. The molecule has 224 valence electrons. The smallest absolute Gasteiger partial charge is 0.309 e. The van der Waals surface area contributed by atoms with Crippen LogP contribution < -0.4 is 5.32 Å². The average Bonchev–Trinajstić information content (AvgIpc) is 3.62. The highest BCUT2D eigenvalue weighted by Crippen LogP contribution is 2.40. The quantitative estimate of drug-likeness (QED) is 0.305. The van der Waals surface area contributed by atoms with Crippen LogP contribution in [-0.4, -0.2) is 57.2 Å². The number of Topliss-reactive ketones (excluding diaryl/α,β-unsaturated/α-hetero) is 1. The van der Waals surface area contributed by atoms with Gasteiger partial charge in [0.1, 0.15) is 5.82 Å². The second-order valence-corrected chi connectivity index (χ2v) is 12.4. The van der Waals surface area contributed by atoms with Crippen molar-refractivity contribution in [3.8, 4) is 0 Å². The Hall–Kier alpha value is -3.27. The normalized spacial score (nSPS) is 22.6. The lowest BCUT2D eigenvalue weighted by atomic mass is 9.74. The number of nitrogens with one attached hydrogen (secondary N) is 1. The van der Waals surface area contributed by atoms with Crippen LogP contribution in [0.2, 0.25) is 5.02 Å². The van der Waals surface area contributed by atoms with E-state index in [1.54, 1.807) is 20.0 Å². The van der Waals surface area contributed by atoms with Gasteiger partial charge in [0.25, 0.3) is 5.91 Å². The number of aryl methyl sites for hydroxylation is 1. The predicted molar refractivity (Wildman–Crippen MR) is 159 cm³/mol. The first-order chi connectivity index (χ1) is 19.9. The number of ketones is 1. The zero-order valence-corrected chi connectivity index (χ0v) is 25.0. The van der Waals surface area contributed by atoms with E-state index < -0.39 is 28.8 Å². The first kappa shape index (κ1) is 30.2. The molecule has 2 heterocycles. The van der Waals surface area contributed by atoms with E-state index in [4.69, 9.17) is 16.3 Å². The number of benzene rings is 2. The number of amides is 1. The lowest BCUT2D eigenvalue weighted by molar-refractivity contribution is -0.192. The number of likely N-dealkylation sites (tertiary alicyclic amines) is 1. The number of anilines is 1. The molecule has 1 saturated heterocycles. The van der Waals surface area contributed by atoms with Crippen molar-refractivity contribution < 1.29 is 28.6 Å². The molecule has 5 rings (SSSR count). The second-order valence-electron chi connectivity index (χ2n) is 12.0. The minimum Gasteiger partial charge on any atom is -0.481 e. The van der Waals surface area contributed by atoms with Gasteiger partial charge in [0.05, 0.1) is 27.8 Å². The van der Waals surface area contributed by atoms with Gasteiger partial charge < -0.3 is 19.7 Å². The van der Waals surface area contributed by atoms with E-state index in [-0.39, 0.29) is 34.6 Å². The van der Waals surface area contributed by atoms with Gasteiger partial charge in [-0.05, 0) is 76.1 Å². The molecule has 8 nitrogen and oxygen atoms in total. The zero-order chi connectivity index (χ0) is 30.2. The third-order valence-electron chi connectivity index (χ3n) is 9.05. The van der Waals surface area contributed by atoms with Crippen molar-refractivity contribution in [3.63, 3.8) is 0 Å². The van der Waals surface area contributed by atoms with Crippen molar-refractivity contribution in [3.05, 3.63) is 64.6 Å². The van der Waals surface area contributed by atoms with Crippen LogP contribution in [0.1, 0.15) is 68.3 Å². The van der Waals surface area contributed by atoms with E-state index in [1.807, 2.05) is 40.8 Å². The lowest BCUT2D eigenvalue weighted by Gasteiger charge is -2.42. The Labute approximate surface area is 249 Å². The third-order valence-corrected chi connectivity index (χ3v) is 9.37. The van der Waals surface area contributed by atoms with Crippen LogP contribution >= 0.6 is 11.6 Å². The van der Waals surface area contributed by atoms with Crippen molar-refractivity contribution in [2.75, 3.05) is 18.4 Å². The summed E-state index contributed by atoms with van der Waals surface area (Å²) in [5.41, 5.74) is -0.513. The van der Waals surface area contributed by atoms with Crippen LogP contribution in [0, 0.1) is 11.2 Å².